The van der Waals surface area contributed by atoms with Gasteiger partial charge in [0.2, 0.25) is 0 Å². The second-order valence-electron chi connectivity index (χ2n) is 4.06. The first-order valence-corrected chi connectivity index (χ1v) is 5.59. The van der Waals surface area contributed by atoms with Crippen LogP contribution >= 0.6 is 0 Å². The molecule has 17 heavy (non-hydrogen) atoms. The molecule has 2 aromatic rings. The van der Waals surface area contributed by atoms with Gasteiger partial charge in [0.05, 0.1) is 42.7 Å². The third-order valence-corrected chi connectivity index (χ3v) is 2.41. The summed E-state index contributed by atoms with van der Waals surface area (Å²) < 4.78 is 6.97. The zero-order valence-corrected chi connectivity index (χ0v) is 9.96. The Morgan fingerprint density at radius 3 is 3.06 bits per heavy atom. The highest BCUT2D eigenvalue weighted by Crippen LogP contribution is 2.02. The largest absolute Gasteiger partial charge is 0.377 e. The fourth-order valence-electron chi connectivity index (χ4n) is 1.55. The molecule has 0 spiro atoms. The molecule has 90 valence electrons. The normalized spacial score (nSPS) is 11.2. The van der Waals surface area contributed by atoms with Gasteiger partial charge >= 0.3 is 0 Å². The van der Waals surface area contributed by atoms with Gasteiger partial charge in [-0.05, 0) is 19.9 Å². The molecule has 2 rings (SSSR count). The first kappa shape index (κ1) is 11.7. The van der Waals surface area contributed by atoms with E-state index in [1.54, 1.807) is 23.0 Å². The molecule has 5 nitrogen and oxygen atoms in total. The molecule has 0 saturated carbocycles. The van der Waals surface area contributed by atoms with E-state index in [9.17, 15) is 4.79 Å². The molecule has 2 aromatic heterocycles. The Balaban J connectivity index is 2.24. The van der Waals surface area contributed by atoms with Crippen LogP contribution in [0.15, 0.2) is 29.6 Å². The maximum atomic E-state index is 12.0. The molecule has 0 aliphatic carbocycles. The average molecular weight is 233 g/mol. The van der Waals surface area contributed by atoms with Crippen LogP contribution in [0.3, 0.4) is 0 Å². The molecule has 0 saturated heterocycles. The lowest BCUT2D eigenvalue weighted by atomic mass is 10.3. The van der Waals surface area contributed by atoms with E-state index in [0.717, 1.165) is 0 Å². The molecule has 0 N–H and O–H groups in total. The molecular formula is C12H15N3O2. The highest BCUT2D eigenvalue weighted by atomic mass is 16.5. The van der Waals surface area contributed by atoms with Crippen LogP contribution in [0, 0.1) is 0 Å². The highest BCUT2D eigenvalue weighted by molar-refractivity contribution is 5.75. The second-order valence-corrected chi connectivity index (χ2v) is 4.06. The van der Waals surface area contributed by atoms with Crippen LogP contribution in [0.1, 0.15) is 13.8 Å². The highest BCUT2D eigenvalue weighted by Gasteiger charge is 2.03. The predicted molar refractivity (Wildman–Crippen MR) is 64.9 cm³/mol. The Morgan fingerprint density at radius 1 is 1.47 bits per heavy atom. The zero-order chi connectivity index (χ0) is 12.3. The number of hydrogen-bond donors (Lipinski definition) is 0. The molecule has 0 aliphatic rings. The van der Waals surface area contributed by atoms with Crippen molar-refractivity contribution in [3.8, 4) is 0 Å². The smallest absolute Gasteiger partial charge is 0.261 e. The Hall–Kier alpha value is -1.75. The van der Waals surface area contributed by atoms with E-state index in [0.29, 0.717) is 24.1 Å². The van der Waals surface area contributed by atoms with Gasteiger partial charge in [-0.3, -0.25) is 14.3 Å². The molecule has 5 heteroatoms. The number of nitrogens with zero attached hydrogens (tertiary/aromatic N) is 3. The van der Waals surface area contributed by atoms with Crippen molar-refractivity contribution in [2.75, 3.05) is 6.61 Å². The summed E-state index contributed by atoms with van der Waals surface area (Å²) >= 11 is 0. The molecule has 0 bridgehead atoms. The molecule has 0 unspecified atom stereocenters. The Bertz CT molecular complexity index is 563. The fourth-order valence-corrected chi connectivity index (χ4v) is 1.55. The monoisotopic (exact) mass is 233 g/mol. The van der Waals surface area contributed by atoms with Crippen LogP contribution in [0.5, 0.6) is 0 Å². The second kappa shape index (κ2) is 5.05. The lowest BCUT2D eigenvalue weighted by molar-refractivity contribution is 0.0722. The van der Waals surface area contributed by atoms with Gasteiger partial charge in [-0.1, -0.05) is 0 Å². The van der Waals surface area contributed by atoms with Crippen LogP contribution in [-0.4, -0.2) is 27.2 Å². The number of ether oxygens (including phenoxy) is 1. The first-order chi connectivity index (χ1) is 8.18. The van der Waals surface area contributed by atoms with Crippen molar-refractivity contribution in [3.63, 3.8) is 0 Å². The molecule has 2 heterocycles. The van der Waals surface area contributed by atoms with E-state index in [2.05, 4.69) is 9.97 Å². The minimum absolute atomic E-state index is 0.0512. The van der Waals surface area contributed by atoms with E-state index < -0.39 is 0 Å². The standard InChI is InChI=1S/C12H15N3O2/c1-9(2)17-6-5-15-8-14-11-7-13-4-3-10(11)12(15)16/h3-4,7-9H,5-6H2,1-2H3. The summed E-state index contributed by atoms with van der Waals surface area (Å²) in [6, 6.07) is 1.68. The minimum atomic E-state index is -0.0512. The van der Waals surface area contributed by atoms with Crippen LogP contribution in [0.25, 0.3) is 10.9 Å². The van der Waals surface area contributed by atoms with E-state index in [-0.39, 0.29) is 11.7 Å². The Morgan fingerprint density at radius 2 is 2.29 bits per heavy atom. The minimum Gasteiger partial charge on any atom is -0.377 e. The van der Waals surface area contributed by atoms with Crippen LogP contribution in [0.2, 0.25) is 0 Å². The number of hydrogen-bond acceptors (Lipinski definition) is 4. The number of aromatic nitrogens is 3. The van der Waals surface area contributed by atoms with Crippen LogP contribution in [-0.2, 0) is 11.3 Å². The van der Waals surface area contributed by atoms with Crippen molar-refractivity contribution in [2.24, 2.45) is 0 Å². The molecule has 0 atom stereocenters. The van der Waals surface area contributed by atoms with Gasteiger partial charge in [-0.15, -0.1) is 0 Å². The molecule has 0 fully saturated rings. The number of pyridine rings is 1. The summed E-state index contributed by atoms with van der Waals surface area (Å²) in [5.41, 5.74) is 0.572. The van der Waals surface area contributed by atoms with E-state index in [1.165, 1.54) is 6.33 Å². The van der Waals surface area contributed by atoms with Crippen LogP contribution < -0.4 is 5.56 Å². The average Bonchev–Trinajstić information content (AvgIpc) is 2.32. The van der Waals surface area contributed by atoms with Gasteiger partial charge in [0.25, 0.3) is 5.56 Å². The van der Waals surface area contributed by atoms with Crippen molar-refractivity contribution in [2.45, 2.75) is 26.5 Å². The number of rotatable bonds is 4. The third kappa shape index (κ3) is 2.68. The van der Waals surface area contributed by atoms with Crippen molar-refractivity contribution >= 4 is 10.9 Å². The fraction of sp³-hybridized carbons (Fsp3) is 0.417. The van der Waals surface area contributed by atoms with Gasteiger partial charge in [0, 0.05) is 6.20 Å². The molecule has 0 amide bonds. The Kier molecular flexibility index (Phi) is 3.49. The maximum absolute atomic E-state index is 12.0. The SMILES string of the molecule is CC(C)OCCn1cnc2cnccc2c1=O. The summed E-state index contributed by atoms with van der Waals surface area (Å²) in [5.74, 6) is 0. The number of fused-ring (bicyclic) bond motifs is 1. The molecule has 0 aliphatic heterocycles. The van der Waals surface area contributed by atoms with E-state index in [1.807, 2.05) is 13.8 Å². The summed E-state index contributed by atoms with van der Waals surface area (Å²) in [4.78, 5) is 20.2. The van der Waals surface area contributed by atoms with Gasteiger partial charge in [-0.2, -0.15) is 0 Å². The van der Waals surface area contributed by atoms with Gasteiger partial charge in [0.15, 0.2) is 0 Å². The van der Waals surface area contributed by atoms with Gasteiger partial charge < -0.3 is 4.74 Å². The van der Waals surface area contributed by atoms with Crippen molar-refractivity contribution < 1.29 is 4.74 Å². The quantitative estimate of drug-likeness (QED) is 0.796. The molecule has 0 radical (unpaired) electrons. The van der Waals surface area contributed by atoms with Crippen molar-refractivity contribution in [3.05, 3.63) is 35.1 Å². The van der Waals surface area contributed by atoms with Gasteiger partial charge in [0.1, 0.15) is 0 Å². The van der Waals surface area contributed by atoms with E-state index in [4.69, 9.17) is 4.74 Å². The Labute approximate surface area is 99.1 Å². The van der Waals surface area contributed by atoms with Gasteiger partial charge in [-0.25, -0.2) is 4.98 Å². The topological polar surface area (TPSA) is 57.0 Å². The zero-order valence-electron chi connectivity index (χ0n) is 9.96. The lowest BCUT2D eigenvalue weighted by Gasteiger charge is -2.09. The van der Waals surface area contributed by atoms with Crippen molar-refractivity contribution in [1.29, 1.82) is 0 Å². The predicted octanol–water partition coefficient (Wildman–Crippen LogP) is 1.22. The first-order valence-electron chi connectivity index (χ1n) is 5.59. The summed E-state index contributed by atoms with van der Waals surface area (Å²) in [7, 11) is 0. The van der Waals surface area contributed by atoms with Crippen LogP contribution in [0.4, 0.5) is 0 Å². The maximum Gasteiger partial charge on any atom is 0.261 e. The molecular weight excluding hydrogens is 218 g/mol. The summed E-state index contributed by atoms with van der Waals surface area (Å²) in [6.07, 6.45) is 4.89. The molecule has 0 aromatic carbocycles. The summed E-state index contributed by atoms with van der Waals surface area (Å²) in [6.45, 7) is 4.96. The van der Waals surface area contributed by atoms with E-state index >= 15 is 0 Å². The van der Waals surface area contributed by atoms with Crippen molar-refractivity contribution in [1.82, 2.24) is 14.5 Å². The summed E-state index contributed by atoms with van der Waals surface area (Å²) in [5, 5.41) is 0.590. The lowest BCUT2D eigenvalue weighted by Crippen LogP contribution is -2.23. The third-order valence-electron chi connectivity index (χ3n) is 2.41.